The second-order valence-corrected chi connectivity index (χ2v) is 5.10. The van der Waals surface area contributed by atoms with E-state index < -0.39 is 0 Å². The Morgan fingerprint density at radius 3 is 2.00 bits per heavy atom. The quantitative estimate of drug-likeness (QED) is 0.504. The van der Waals surface area contributed by atoms with Crippen LogP contribution in [0, 0.1) is 11.8 Å². The number of hydrogen-bond acceptors (Lipinski definition) is 1. The third-order valence-electron chi connectivity index (χ3n) is 4.27. The van der Waals surface area contributed by atoms with Gasteiger partial charge in [0.05, 0.1) is 0 Å². The normalized spacial score (nSPS) is 66.0. The Labute approximate surface area is 66.8 Å². The van der Waals surface area contributed by atoms with Gasteiger partial charge >= 0.3 is 0 Å². The molecule has 4 fully saturated rings. The summed E-state index contributed by atoms with van der Waals surface area (Å²) in [6, 6.07) is 0. The minimum atomic E-state index is -0.347. The molecule has 0 aromatic rings. The molecule has 4 rings (SSSR count). The highest BCUT2D eigenvalue weighted by Gasteiger charge is 2.67. The van der Waals surface area contributed by atoms with Gasteiger partial charge in [-0.15, -0.1) is 0 Å². The van der Waals surface area contributed by atoms with Gasteiger partial charge in [0.2, 0.25) is 0 Å². The number of rotatable bonds is 0. The molecule has 0 radical (unpaired) electrons. The van der Waals surface area contributed by atoms with E-state index in [-0.39, 0.29) is 11.1 Å². The van der Waals surface area contributed by atoms with E-state index in [9.17, 15) is 5.11 Å². The van der Waals surface area contributed by atoms with Crippen LogP contribution < -0.4 is 5.73 Å². The van der Waals surface area contributed by atoms with Crippen molar-refractivity contribution in [2.45, 2.75) is 43.2 Å². The van der Waals surface area contributed by atoms with Crippen LogP contribution in [0.25, 0.3) is 0 Å². The molecule has 4 aliphatic rings. The summed E-state index contributed by atoms with van der Waals surface area (Å²) in [6.45, 7) is 0. The molecule has 0 aliphatic heterocycles. The molecule has 0 saturated heterocycles. The molecule has 11 heavy (non-hydrogen) atoms. The highest BCUT2D eigenvalue weighted by molar-refractivity contribution is 5.17. The molecule has 0 aromatic heterocycles. The van der Waals surface area contributed by atoms with E-state index >= 15 is 0 Å². The first-order valence-electron chi connectivity index (χ1n) is 4.69. The van der Waals surface area contributed by atoms with Gasteiger partial charge in [-0.05, 0) is 31.1 Å². The van der Waals surface area contributed by atoms with Crippen LogP contribution in [0.4, 0.5) is 0 Å². The van der Waals surface area contributed by atoms with E-state index in [1.54, 1.807) is 0 Å². The molecule has 4 N–H and O–H groups in total. The van der Waals surface area contributed by atoms with Crippen LogP contribution in [-0.2, 0) is 0 Å². The summed E-state index contributed by atoms with van der Waals surface area (Å²) < 4.78 is 0. The van der Waals surface area contributed by atoms with Gasteiger partial charge in [0.15, 0.2) is 0 Å². The summed E-state index contributed by atoms with van der Waals surface area (Å²) in [5.41, 5.74) is 3.96. The highest BCUT2D eigenvalue weighted by Crippen LogP contribution is 2.60. The molecular formula is C9H16NO+. The molecule has 4 atom stereocenters. The average molecular weight is 154 g/mol. The molecule has 2 unspecified atom stereocenters. The fourth-order valence-electron chi connectivity index (χ4n) is 3.99. The van der Waals surface area contributed by atoms with Crippen molar-refractivity contribution in [2.75, 3.05) is 0 Å². The van der Waals surface area contributed by atoms with E-state index in [4.69, 9.17) is 0 Å². The first-order valence-corrected chi connectivity index (χ1v) is 4.69. The molecule has 0 amide bonds. The van der Waals surface area contributed by atoms with Crippen LogP contribution in [0.2, 0.25) is 0 Å². The van der Waals surface area contributed by atoms with Crippen LogP contribution in [0.15, 0.2) is 0 Å². The summed E-state index contributed by atoms with van der Waals surface area (Å²) in [5, 5.41) is 10.2. The Balaban J connectivity index is 2.10. The zero-order valence-electron chi connectivity index (χ0n) is 6.84. The first-order chi connectivity index (χ1) is 5.11. The minimum absolute atomic E-state index is 0.0700. The summed E-state index contributed by atoms with van der Waals surface area (Å²) in [6.07, 6.45) is 5.86. The average Bonchev–Trinajstić information content (AvgIpc) is 2.07. The predicted molar refractivity (Wildman–Crippen MR) is 40.6 cm³/mol. The Hall–Kier alpha value is -0.0800. The van der Waals surface area contributed by atoms with Crippen molar-refractivity contribution >= 4 is 0 Å². The van der Waals surface area contributed by atoms with Gasteiger partial charge < -0.3 is 10.8 Å². The van der Waals surface area contributed by atoms with Crippen molar-refractivity contribution in [3.63, 3.8) is 0 Å². The maximum atomic E-state index is 10.2. The Morgan fingerprint density at radius 1 is 1.09 bits per heavy atom. The number of aliphatic hydroxyl groups is 1. The van der Waals surface area contributed by atoms with E-state index in [0.717, 1.165) is 24.7 Å². The fourth-order valence-corrected chi connectivity index (χ4v) is 3.99. The molecule has 62 valence electrons. The second-order valence-electron chi connectivity index (χ2n) is 5.10. The van der Waals surface area contributed by atoms with Crippen molar-refractivity contribution in [1.29, 1.82) is 0 Å². The maximum absolute atomic E-state index is 10.2. The Kier molecular flexibility index (Phi) is 0.879. The van der Waals surface area contributed by atoms with Crippen molar-refractivity contribution < 1.29 is 10.8 Å². The largest absolute Gasteiger partial charge is 0.383 e. The standard InChI is InChI=1S/C9H15NO/c10-8-2-6-1-7(3-8)5-9(8,11)4-6/h6-7,11H,1-5,10H2/p+1/t6-,7+,8?,9?. The minimum Gasteiger partial charge on any atom is -0.383 e. The van der Waals surface area contributed by atoms with Gasteiger partial charge in [0, 0.05) is 12.8 Å². The van der Waals surface area contributed by atoms with E-state index in [2.05, 4.69) is 5.73 Å². The summed E-state index contributed by atoms with van der Waals surface area (Å²) in [5.74, 6) is 1.62. The van der Waals surface area contributed by atoms with Crippen molar-refractivity contribution in [2.24, 2.45) is 11.8 Å². The Morgan fingerprint density at radius 2 is 1.64 bits per heavy atom. The third-order valence-corrected chi connectivity index (χ3v) is 4.27. The van der Waals surface area contributed by atoms with Crippen LogP contribution in [-0.4, -0.2) is 16.2 Å². The van der Waals surface area contributed by atoms with E-state index in [1.807, 2.05) is 0 Å². The van der Waals surface area contributed by atoms with Gasteiger partial charge in [0.25, 0.3) is 0 Å². The lowest BCUT2D eigenvalue weighted by Gasteiger charge is -2.28. The molecule has 2 heteroatoms. The topological polar surface area (TPSA) is 47.9 Å². The van der Waals surface area contributed by atoms with Crippen LogP contribution in [0.5, 0.6) is 0 Å². The van der Waals surface area contributed by atoms with Gasteiger partial charge in [-0.2, -0.15) is 0 Å². The summed E-state index contributed by atoms with van der Waals surface area (Å²) in [4.78, 5) is 0. The van der Waals surface area contributed by atoms with Crippen molar-refractivity contribution in [3.8, 4) is 0 Å². The van der Waals surface area contributed by atoms with Crippen LogP contribution in [0.3, 0.4) is 0 Å². The summed E-state index contributed by atoms with van der Waals surface area (Å²) in [7, 11) is 0. The molecule has 4 bridgehead atoms. The number of hydrogen-bond donors (Lipinski definition) is 2. The van der Waals surface area contributed by atoms with Crippen LogP contribution in [0.1, 0.15) is 32.1 Å². The Bertz CT molecular complexity index is 180. The second kappa shape index (κ2) is 1.50. The van der Waals surface area contributed by atoms with Crippen molar-refractivity contribution in [3.05, 3.63) is 0 Å². The van der Waals surface area contributed by atoms with E-state index in [0.29, 0.717) is 0 Å². The van der Waals surface area contributed by atoms with E-state index in [1.165, 1.54) is 19.3 Å². The predicted octanol–water partition coefficient (Wildman–Crippen LogP) is -0.0781. The smallest absolute Gasteiger partial charge is 0.124 e. The molecule has 0 spiro atoms. The fraction of sp³-hybridized carbons (Fsp3) is 1.00. The van der Waals surface area contributed by atoms with Gasteiger partial charge in [-0.25, -0.2) is 0 Å². The molecule has 4 saturated carbocycles. The molecule has 2 nitrogen and oxygen atoms in total. The highest BCUT2D eigenvalue weighted by atomic mass is 16.3. The molecule has 4 aliphatic carbocycles. The SMILES string of the molecule is [NH3+]C12C[C@H]3C[C@@H](C1)CC2(O)C3. The maximum Gasteiger partial charge on any atom is 0.124 e. The molecular weight excluding hydrogens is 138 g/mol. The lowest BCUT2D eigenvalue weighted by Crippen LogP contribution is -2.78. The zero-order valence-corrected chi connectivity index (χ0v) is 6.84. The van der Waals surface area contributed by atoms with Gasteiger partial charge in [0.1, 0.15) is 11.1 Å². The first kappa shape index (κ1) is 6.44. The number of quaternary nitrogens is 1. The molecule has 0 aromatic carbocycles. The summed E-state index contributed by atoms with van der Waals surface area (Å²) >= 11 is 0. The van der Waals surface area contributed by atoms with Gasteiger partial charge in [-0.3, -0.25) is 0 Å². The monoisotopic (exact) mass is 154 g/mol. The zero-order chi connectivity index (χ0) is 7.69. The third kappa shape index (κ3) is 0.574. The lowest BCUT2D eigenvalue weighted by molar-refractivity contribution is -0.502. The van der Waals surface area contributed by atoms with Crippen LogP contribution >= 0.6 is 0 Å². The lowest BCUT2D eigenvalue weighted by atomic mass is 9.81. The molecule has 0 heterocycles. The van der Waals surface area contributed by atoms with Gasteiger partial charge in [-0.1, -0.05) is 0 Å². The van der Waals surface area contributed by atoms with Crippen molar-refractivity contribution in [1.82, 2.24) is 0 Å².